The van der Waals surface area contributed by atoms with Gasteiger partial charge in [-0.3, -0.25) is 9.52 Å². The third kappa shape index (κ3) is 5.17. The van der Waals surface area contributed by atoms with Gasteiger partial charge in [0, 0.05) is 17.8 Å². The third-order valence-corrected chi connectivity index (χ3v) is 5.09. The fraction of sp³-hybridized carbons (Fsp3) is 0.235. The normalized spacial score (nSPS) is 11.2. The first kappa shape index (κ1) is 19.2. The summed E-state index contributed by atoms with van der Waals surface area (Å²) in [5.41, 5.74) is 0.717. The number of rotatable bonds is 7. The van der Waals surface area contributed by atoms with E-state index in [2.05, 4.69) is 10.0 Å². The second-order valence-corrected chi connectivity index (χ2v) is 7.46. The molecule has 0 unspecified atom stereocenters. The lowest BCUT2D eigenvalue weighted by Crippen LogP contribution is -2.24. The Labute approximate surface area is 151 Å². The van der Waals surface area contributed by atoms with Crippen molar-refractivity contribution >= 4 is 33.2 Å². The molecule has 0 fully saturated rings. The van der Waals surface area contributed by atoms with Crippen molar-refractivity contribution in [3.8, 4) is 0 Å². The Balaban J connectivity index is 2.09. The minimum Gasteiger partial charge on any atom is -0.352 e. The quantitative estimate of drug-likeness (QED) is 0.713. The average molecular weight is 385 g/mol. The number of unbranched alkanes of at least 4 members (excludes halogenated alkanes) is 1. The van der Waals surface area contributed by atoms with Crippen LogP contribution in [0.15, 0.2) is 47.4 Å². The molecular formula is C17H18ClFN2O3S. The van der Waals surface area contributed by atoms with Gasteiger partial charge in [0.1, 0.15) is 5.82 Å². The van der Waals surface area contributed by atoms with E-state index >= 15 is 0 Å². The molecule has 0 radical (unpaired) electrons. The SMILES string of the molecule is CCCCNC(=O)c1ccc(NS(=O)(=O)c2ccc(F)c(Cl)c2)cc1. The molecule has 0 aliphatic carbocycles. The number of hydrogen-bond donors (Lipinski definition) is 2. The molecule has 8 heteroatoms. The molecule has 2 N–H and O–H groups in total. The first-order valence-electron chi connectivity index (χ1n) is 7.69. The van der Waals surface area contributed by atoms with Crippen molar-refractivity contribution in [3.05, 3.63) is 58.9 Å². The zero-order valence-electron chi connectivity index (χ0n) is 13.6. The van der Waals surface area contributed by atoms with Gasteiger partial charge in [-0.05, 0) is 48.9 Å². The number of amides is 1. The van der Waals surface area contributed by atoms with Crippen LogP contribution in [0.1, 0.15) is 30.1 Å². The van der Waals surface area contributed by atoms with Crippen molar-refractivity contribution in [2.45, 2.75) is 24.7 Å². The molecule has 0 saturated carbocycles. The van der Waals surface area contributed by atoms with E-state index in [4.69, 9.17) is 11.6 Å². The van der Waals surface area contributed by atoms with E-state index in [1.807, 2.05) is 6.92 Å². The van der Waals surface area contributed by atoms with Gasteiger partial charge >= 0.3 is 0 Å². The van der Waals surface area contributed by atoms with Crippen LogP contribution in [0.3, 0.4) is 0 Å². The van der Waals surface area contributed by atoms with E-state index in [9.17, 15) is 17.6 Å². The molecule has 0 aliphatic heterocycles. The lowest BCUT2D eigenvalue weighted by atomic mass is 10.2. The van der Waals surface area contributed by atoms with E-state index in [1.54, 1.807) is 0 Å². The maximum atomic E-state index is 13.2. The number of carbonyl (C=O) groups is 1. The van der Waals surface area contributed by atoms with Crippen LogP contribution in [0.25, 0.3) is 0 Å². The second-order valence-electron chi connectivity index (χ2n) is 5.37. The van der Waals surface area contributed by atoms with Crippen molar-refractivity contribution in [1.82, 2.24) is 5.32 Å². The summed E-state index contributed by atoms with van der Waals surface area (Å²) in [5, 5.41) is 2.50. The standard InChI is InChI=1S/C17H18ClFN2O3S/c1-2-3-10-20-17(22)12-4-6-13(7-5-12)21-25(23,24)14-8-9-16(19)15(18)11-14/h4-9,11,21H,2-3,10H2,1H3,(H,20,22). The van der Waals surface area contributed by atoms with Gasteiger partial charge in [0.15, 0.2) is 0 Å². The minimum atomic E-state index is -3.90. The highest BCUT2D eigenvalue weighted by atomic mass is 35.5. The number of nitrogens with one attached hydrogen (secondary N) is 2. The minimum absolute atomic E-state index is 0.153. The zero-order valence-corrected chi connectivity index (χ0v) is 15.1. The van der Waals surface area contributed by atoms with Crippen LogP contribution in [0.5, 0.6) is 0 Å². The molecule has 0 aromatic heterocycles. The second kappa shape index (κ2) is 8.31. The Morgan fingerprint density at radius 2 is 1.84 bits per heavy atom. The molecule has 2 rings (SSSR count). The van der Waals surface area contributed by atoms with Gasteiger partial charge in [-0.25, -0.2) is 12.8 Å². The number of carbonyl (C=O) groups excluding carboxylic acids is 1. The van der Waals surface area contributed by atoms with Crippen LogP contribution >= 0.6 is 11.6 Å². The third-order valence-electron chi connectivity index (χ3n) is 3.42. The predicted molar refractivity (Wildman–Crippen MR) is 95.9 cm³/mol. The summed E-state index contributed by atoms with van der Waals surface area (Å²) in [6.45, 7) is 2.62. The molecule has 134 valence electrons. The summed E-state index contributed by atoms with van der Waals surface area (Å²) in [6.07, 6.45) is 1.87. The van der Waals surface area contributed by atoms with Crippen LogP contribution in [-0.2, 0) is 10.0 Å². The highest BCUT2D eigenvalue weighted by molar-refractivity contribution is 7.92. The Kier molecular flexibility index (Phi) is 6.39. The van der Waals surface area contributed by atoms with Gasteiger partial charge in [-0.15, -0.1) is 0 Å². The van der Waals surface area contributed by atoms with E-state index in [-0.39, 0.29) is 21.5 Å². The highest BCUT2D eigenvalue weighted by Gasteiger charge is 2.16. The molecule has 0 saturated heterocycles. The Bertz CT molecular complexity index is 855. The molecule has 2 aromatic rings. The van der Waals surface area contributed by atoms with E-state index in [1.165, 1.54) is 24.3 Å². The number of sulfonamides is 1. The topological polar surface area (TPSA) is 75.3 Å². The Morgan fingerprint density at radius 3 is 2.44 bits per heavy atom. The smallest absolute Gasteiger partial charge is 0.261 e. The summed E-state index contributed by atoms with van der Waals surface area (Å²) in [7, 11) is -3.90. The summed E-state index contributed by atoms with van der Waals surface area (Å²) in [4.78, 5) is 11.8. The van der Waals surface area contributed by atoms with Crippen LogP contribution in [0, 0.1) is 5.82 Å². The maximum absolute atomic E-state index is 13.2. The Morgan fingerprint density at radius 1 is 1.16 bits per heavy atom. The van der Waals surface area contributed by atoms with Crippen molar-refractivity contribution < 1.29 is 17.6 Å². The van der Waals surface area contributed by atoms with Gasteiger partial charge in [-0.1, -0.05) is 24.9 Å². The molecule has 0 bridgehead atoms. The van der Waals surface area contributed by atoms with Crippen LogP contribution in [0.4, 0.5) is 10.1 Å². The Hall–Kier alpha value is -2.12. The molecule has 0 heterocycles. The number of benzene rings is 2. The van der Waals surface area contributed by atoms with Crippen molar-refractivity contribution in [2.75, 3.05) is 11.3 Å². The molecule has 0 spiro atoms. The van der Waals surface area contributed by atoms with Gasteiger partial charge in [0.25, 0.3) is 15.9 Å². The van der Waals surface area contributed by atoms with Gasteiger partial charge in [0.2, 0.25) is 0 Å². The van der Waals surface area contributed by atoms with E-state index in [0.29, 0.717) is 12.1 Å². The molecule has 0 atom stereocenters. The van der Waals surface area contributed by atoms with Crippen molar-refractivity contribution in [1.29, 1.82) is 0 Å². The number of halogens is 2. The molecule has 1 amide bonds. The average Bonchev–Trinajstić information content (AvgIpc) is 2.57. The summed E-state index contributed by atoms with van der Waals surface area (Å²) < 4.78 is 40.1. The summed E-state index contributed by atoms with van der Waals surface area (Å²) in [6, 6.07) is 9.16. The van der Waals surface area contributed by atoms with Crippen LogP contribution < -0.4 is 10.0 Å². The van der Waals surface area contributed by atoms with Gasteiger partial charge < -0.3 is 5.32 Å². The van der Waals surface area contributed by atoms with Gasteiger partial charge in [-0.2, -0.15) is 0 Å². The fourth-order valence-electron chi connectivity index (χ4n) is 2.03. The molecule has 0 aliphatic rings. The summed E-state index contributed by atoms with van der Waals surface area (Å²) in [5.74, 6) is -0.910. The van der Waals surface area contributed by atoms with Crippen LogP contribution in [0.2, 0.25) is 5.02 Å². The predicted octanol–water partition coefficient (Wildman–Crippen LogP) is 3.81. The molecular weight excluding hydrogens is 367 g/mol. The largest absolute Gasteiger partial charge is 0.352 e. The number of anilines is 1. The molecule has 2 aromatic carbocycles. The maximum Gasteiger partial charge on any atom is 0.261 e. The first-order chi connectivity index (χ1) is 11.8. The monoisotopic (exact) mass is 384 g/mol. The molecule has 5 nitrogen and oxygen atoms in total. The first-order valence-corrected chi connectivity index (χ1v) is 9.55. The summed E-state index contributed by atoms with van der Waals surface area (Å²) >= 11 is 5.62. The van der Waals surface area contributed by atoms with Crippen molar-refractivity contribution in [3.63, 3.8) is 0 Å². The lowest BCUT2D eigenvalue weighted by Gasteiger charge is -2.09. The van der Waals surface area contributed by atoms with E-state index in [0.717, 1.165) is 31.0 Å². The zero-order chi connectivity index (χ0) is 18.4. The lowest BCUT2D eigenvalue weighted by molar-refractivity contribution is 0.0953. The molecule has 25 heavy (non-hydrogen) atoms. The van der Waals surface area contributed by atoms with Crippen molar-refractivity contribution in [2.24, 2.45) is 0 Å². The van der Waals surface area contributed by atoms with Gasteiger partial charge in [0.05, 0.1) is 9.92 Å². The highest BCUT2D eigenvalue weighted by Crippen LogP contribution is 2.22. The fourth-order valence-corrected chi connectivity index (χ4v) is 3.36. The van der Waals surface area contributed by atoms with E-state index < -0.39 is 15.8 Å². The number of hydrogen-bond acceptors (Lipinski definition) is 3. The van der Waals surface area contributed by atoms with Crippen LogP contribution in [-0.4, -0.2) is 20.9 Å².